The van der Waals surface area contributed by atoms with E-state index >= 15 is 0 Å². The standard InChI is InChI=1S/C29H33N7O4/c1-6-40-24-11-20-7-8-35-22(21(20)12-23(24)39-5)13-26(33-28-18(3)9-17(2)10-19(28)4)36(29(35)38)15-27(37)30-14-25-31-16-32-34-25/h9-13,16H,6-8,14-15H2,1-5H3,(H,30,37)(H,31,32,34)/b33-26+. The zero-order valence-electron chi connectivity index (χ0n) is 23.4. The number of aromatic amines is 1. The van der Waals surface area contributed by atoms with Crippen LogP contribution in [0.25, 0.3) is 11.3 Å². The summed E-state index contributed by atoms with van der Waals surface area (Å²) in [7, 11) is 1.60. The lowest BCUT2D eigenvalue weighted by Gasteiger charge is -2.25. The van der Waals surface area contributed by atoms with Crippen molar-refractivity contribution in [2.75, 3.05) is 13.7 Å². The molecule has 1 aliphatic heterocycles. The highest BCUT2D eigenvalue weighted by Crippen LogP contribution is 2.37. The third-order valence-electron chi connectivity index (χ3n) is 6.95. The van der Waals surface area contributed by atoms with Crippen LogP contribution >= 0.6 is 0 Å². The maximum absolute atomic E-state index is 14.0. The number of hydrogen-bond donors (Lipinski definition) is 2. The van der Waals surface area contributed by atoms with Crippen LogP contribution in [0.2, 0.25) is 0 Å². The van der Waals surface area contributed by atoms with E-state index in [1.165, 1.54) is 10.9 Å². The van der Waals surface area contributed by atoms with Crippen LogP contribution < -0.4 is 26.0 Å². The maximum Gasteiger partial charge on any atom is 0.330 e. The molecule has 0 spiro atoms. The third-order valence-corrected chi connectivity index (χ3v) is 6.95. The Morgan fingerprint density at radius 1 is 1.12 bits per heavy atom. The molecular formula is C29H33N7O4. The molecule has 2 aromatic heterocycles. The summed E-state index contributed by atoms with van der Waals surface area (Å²) in [5, 5.41) is 10.4. The predicted molar refractivity (Wildman–Crippen MR) is 150 cm³/mol. The van der Waals surface area contributed by atoms with E-state index in [2.05, 4.69) is 32.6 Å². The average Bonchev–Trinajstić information content (AvgIpc) is 3.45. The summed E-state index contributed by atoms with van der Waals surface area (Å²) in [5.41, 5.74) is 6.59. The van der Waals surface area contributed by atoms with Crippen LogP contribution in [0.4, 0.5) is 5.69 Å². The summed E-state index contributed by atoms with van der Waals surface area (Å²) in [5.74, 6) is 1.44. The second-order valence-electron chi connectivity index (χ2n) is 9.82. The van der Waals surface area contributed by atoms with Gasteiger partial charge in [-0.2, -0.15) is 0 Å². The van der Waals surface area contributed by atoms with Crippen LogP contribution in [0.15, 0.2) is 46.4 Å². The Hall–Kier alpha value is -4.67. The van der Waals surface area contributed by atoms with Gasteiger partial charge in [0.15, 0.2) is 11.5 Å². The van der Waals surface area contributed by atoms with Crippen molar-refractivity contribution in [1.82, 2.24) is 29.6 Å². The van der Waals surface area contributed by atoms with E-state index in [0.29, 0.717) is 48.1 Å². The molecule has 5 rings (SSSR count). The monoisotopic (exact) mass is 543 g/mol. The summed E-state index contributed by atoms with van der Waals surface area (Å²) in [4.78, 5) is 34.7. The predicted octanol–water partition coefficient (Wildman–Crippen LogP) is 2.87. The maximum atomic E-state index is 14.0. The van der Waals surface area contributed by atoms with Crippen LogP contribution in [-0.2, 0) is 30.8 Å². The summed E-state index contributed by atoms with van der Waals surface area (Å²) in [6, 6.07) is 9.88. The molecule has 2 N–H and O–H groups in total. The molecule has 0 aliphatic carbocycles. The quantitative estimate of drug-likeness (QED) is 0.352. The number of aryl methyl sites for hydroxylation is 4. The van der Waals surface area contributed by atoms with Gasteiger partial charge in [0.1, 0.15) is 24.2 Å². The fourth-order valence-corrected chi connectivity index (χ4v) is 5.18. The zero-order chi connectivity index (χ0) is 28.4. The zero-order valence-corrected chi connectivity index (χ0v) is 23.4. The van der Waals surface area contributed by atoms with Gasteiger partial charge in [-0.25, -0.2) is 9.79 Å². The molecule has 208 valence electrons. The van der Waals surface area contributed by atoms with E-state index in [-0.39, 0.29) is 24.7 Å². The minimum Gasteiger partial charge on any atom is -0.493 e. The summed E-state index contributed by atoms with van der Waals surface area (Å²) < 4.78 is 14.5. The molecule has 1 amide bonds. The van der Waals surface area contributed by atoms with Crippen molar-refractivity contribution in [1.29, 1.82) is 0 Å². The van der Waals surface area contributed by atoms with Gasteiger partial charge in [0.05, 0.1) is 31.6 Å². The minimum atomic E-state index is -0.341. The Labute approximate surface area is 231 Å². The lowest BCUT2D eigenvalue weighted by atomic mass is 9.97. The fourth-order valence-electron chi connectivity index (χ4n) is 5.18. The van der Waals surface area contributed by atoms with Crippen LogP contribution in [0, 0.1) is 20.8 Å². The molecule has 0 atom stereocenters. The highest BCUT2D eigenvalue weighted by atomic mass is 16.5. The highest BCUT2D eigenvalue weighted by Gasteiger charge is 2.23. The van der Waals surface area contributed by atoms with E-state index in [1.54, 1.807) is 11.7 Å². The first kappa shape index (κ1) is 26.9. The van der Waals surface area contributed by atoms with E-state index in [1.807, 2.05) is 45.9 Å². The van der Waals surface area contributed by atoms with E-state index < -0.39 is 0 Å². The largest absolute Gasteiger partial charge is 0.493 e. The van der Waals surface area contributed by atoms with Gasteiger partial charge in [0.25, 0.3) is 0 Å². The third kappa shape index (κ3) is 5.27. The van der Waals surface area contributed by atoms with Gasteiger partial charge < -0.3 is 19.8 Å². The lowest BCUT2D eigenvalue weighted by molar-refractivity contribution is -0.122. The van der Waals surface area contributed by atoms with Gasteiger partial charge >= 0.3 is 5.69 Å². The second kappa shape index (κ2) is 11.2. The number of ether oxygens (including phenoxy) is 2. The normalized spacial score (nSPS) is 12.6. The molecule has 40 heavy (non-hydrogen) atoms. The van der Waals surface area contributed by atoms with Crippen molar-refractivity contribution in [3.05, 3.63) is 80.7 Å². The molecule has 0 unspecified atom stereocenters. The van der Waals surface area contributed by atoms with Crippen molar-refractivity contribution in [2.45, 2.75) is 53.8 Å². The number of carbonyl (C=O) groups is 1. The van der Waals surface area contributed by atoms with Gasteiger partial charge in [0, 0.05) is 18.2 Å². The van der Waals surface area contributed by atoms with E-state index in [9.17, 15) is 9.59 Å². The number of nitrogens with zero attached hydrogens (tertiary/aromatic N) is 5. The SMILES string of the molecule is CCOc1cc2c(cc1OC)-c1c/c(=N\c3c(C)cc(C)cc3C)n(CC(=O)NCc3nnc[nH]3)c(=O)n1CC2. The first-order valence-corrected chi connectivity index (χ1v) is 13.2. The molecule has 4 aromatic rings. The van der Waals surface area contributed by atoms with Gasteiger partial charge in [0.2, 0.25) is 5.91 Å². The molecular weight excluding hydrogens is 510 g/mol. The van der Waals surface area contributed by atoms with Crippen LogP contribution in [0.5, 0.6) is 11.5 Å². The summed E-state index contributed by atoms with van der Waals surface area (Å²) in [6.45, 7) is 8.90. The van der Waals surface area contributed by atoms with Gasteiger partial charge in [-0.15, -0.1) is 10.2 Å². The molecule has 11 nitrogen and oxygen atoms in total. The molecule has 0 bridgehead atoms. The molecule has 0 saturated carbocycles. The van der Waals surface area contributed by atoms with Crippen molar-refractivity contribution < 1.29 is 14.3 Å². The number of carbonyl (C=O) groups excluding carboxylic acids is 1. The molecule has 11 heteroatoms. The average molecular weight is 544 g/mol. The number of benzene rings is 2. The van der Waals surface area contributed by atoms with Gasteiger partial charge in [-0.1, -0.05) is 17.7 Å². The van der Waals surface area contributed by atoms with Crippen LogP contribution in [0.3, 0.4) is 0 Å². The molecule has 0 fully saturated rings. The highest BCUT2D eigenvalue weighted by molar-refractivity contribution is 5.76. The minimum absolute atomic E-state index is 0.170. The van der Waals surface area contributed by atoms with E-state index in [4.69, 9.17) is 14.5 Å². The number of hydrogen-bond acceptors (Lipinski definition) is 7. The molecule has 0 radical (unpaired) electrons. The van der Waals surface area contributed by atoms with Gasteiger partial charge in [-0.3, -0.25) is 13.9 Å². The smallest absolute Gasteiger partial charge is 0.330 e. The second-order valence-corrected chi connectivity index (χ2v) is 9.82. The van der Waals surface area contributed by atoms with Crippen LogP contribution in [0.1, 0.15) is 35.0 Å². The van der Waals surface area contributed by atoms with E-state index in [0.717, 1.165) is 33.5 Å². The number of aromatic nitrogens is 5. The lowest BCUT2D eigenvalue weighted by Crippen LogP contribution is -2.45. The Balaban J connectivity index is 1.67. The first-order chi connectivity index (χ1) is 19.3. The number of nitrogens with one attached hydrogen (secondary N) is 2. The molecule has 0 saturated heterocycles. The Morgan fingerprint density at radius 3 is 2.58 bits per heavy atom. The van der Waals surface area contributed by atoms with Gasteiger partial charge in [-0.05, 0) is 62.9 Å². The Kier molecular flexibility index (Phi) is 7.54. The molecule has 3 heterocycles. The summed E-state index contributed by atoms with van der Waals surface area (Å²) >= 11 is 0. The molecule has 1 aliphatic rings. The van der Waals surface area contributed by atoms with Crippen LogP contribution in [-0.4, -0.2) is 43.9 Å². The first-order valence-electron chi connectivity index (χ1n) is 13.2. The van der Waals surface area contributed by atoms with Crippen molar-refractivity contribution in [3.8, 4) is 22.8 Å². The fraction of sp³-hybridized carbons (Fsp3) is 0.345. The van der Waals surface area contributed by atoms with Crippen molar-refractivity contribution in [3.63, 3.8) is 0 Å². The van der Waals surface area contributed by atoms with Crippen molar-refractivity contribution in [2.24, 2.45) is 4.99 Å². The number of methoxy groups -OCH3 is 1. The number of rotatable bonds is 8. The van der Waals surface area contributed by atoms with Crippen molar-refractivity contribution >= 4 is 11.6 Å². The summed E-state index contributed by atoms with van der Waals surface area (Å²) in [6.07, 6.45) is 2.08. The Bertz CT molecular complexity index is 1680. The molecule has 2 aromatic carbocycles. The number of amides is 1. The Morgan fingerprint density at radius 2 is 1.90 bits per heavy atom. The number of fused-ring (bicyclic) bond motifs is 3. The topological polar surface area (TPSA) is 128 Å². The number of H-pyrrole nitrogens is 1.